The van der Waals surface area contributed by atoms with Gasteiger partial charge in [-0.05, 0) is 47.0 Å². The number of halogens is 2. The Morgan fingerprint density at radius 3 is 2.65 bits per heavy atom. The van der Waals surface area contributed by atoms with Crippen molar-refractivity contribution in [2.45, 2.75) is 31.7 Å². The number of benzene rings is 1. The second-order valence-corrected chi connectivity index (χ2v) is 5.34. The fraction of sp³-hybridized carbons (Fsp3) is 0.462. The first-order chi connectivity index (χ1) is 8.09. The van der Waals surface area contributed by atoms with Crippen LogP contribution in [0.15, 0.2) is 22.7 Å². The SMILES string of the molecule is CN(C(=O)c1ccc(Br)c(F)c1)C1CCCC1. The van der Waals surface area contributed by atoms with Crippen molar-refractivity contribution >= 4 is 21.8 Å². The van der Waals surface area contributed by atoms with E-state index in [1.807, 2.05) is 0 Å². The lowest BCUT2D eigenvalue weighted by Gasteiger charge is -2.24. The highest BCUT2D eigenvalue weighted by Gasteiger charge is 2.24. The van der Waals surface area contributed by atoms with Gasteiger partial charge in [-0.3, -0.25) is 4.79 Å². The third-order valence-corrected chi connectivity index (χ3v) is 4.00. The molecule has 1 saturated carbocycles. The maximum absolute atomic E-state index is 13.4. The van der Waals surface area contributed by atoms with Crippen molar-refractivity contribution < 1.29 is 9.18 Å². The van der Waals surface area contributed by atoms with E-state index >= 15 is 0 Å². The molecular weight excluding hydrogens is 285 g/mol. The van der Waals surface area contributed by atoms with Crippen LogP contribution in [-0.4, -0.2) is 23.9 Å². The van der Waals surface area contributed by atoms with Gasteiger partial charge in [0.1, 0.15) is 5.82 Å². The van der Waals surface area contributed by atoms with Crippen LogP contribution >= 0.6 is 15.9 Å². The summed E-state index contributed by atoms with van der Waals surface area (Å²) in [4.78, 5) is 13.9. The average Bonchev–Trinajstić information content (AvgIpc) is 2.84. The largest absolute Gasteiger partial charge is 0.339 e. The predicted molar refractivity (Wildman–Crippen MR) is 68.4 cm³/mol. The summed E-state index contributed by atoms with van der Waals surface area (Å²) in [7, 11) is 1.80. The summed E-state index contributed by atoms with van der Waals surface area (Å²) in [5.74, 6) is -0.487. The van der Waals surface area contributed by atoms with Gasteiger partial charge in [0, 0.05) is 18.7 Å². The zero-order valence-electron chi connectivity index (χ0n) is 9.75. The number of nitrogens with zero attached hydrogens (tertiary/aromatic N) is 1. The fourth-order valence-corrected chi connectivity index (χ4v) is 2.54. The molecule has 0 aliphatic heterocycles. The Hall–Kier alpha value is -0.900. The Labute approximate surface area is 109 Å². The maximum atomic E-state index is 13.4. The number of hydrogen-bond donors (Lipinski definition) is 0. The quantitative estimate of drug-likeness (QED) is 0.817. The van der Waals surface area contributed by atoms with Crippen LogP contribution in [0.1, 0.15) is 36.0 Å². The van der Waals surface area contributed by atoms with E-state index in [1.165, 1.54) is 18.9 Å². The van der Waals surface area contributed by atoms with E-state index in [0.717, 1.165) is 12.8 Å². The summed E-state index contributed by atoms with van der Waals surface area (Å²) in [5.41, 5.74) is 0.417. The summed E-state index contributed by atoms with van der Waals surface area (Å²) in [6.07, 6.45) is 4.47. The maximum Gasteiger partial charge on any atom is 0.253 e. The minimum Gasteiger partial charge on any atom is -0.339 e. The van der Waals surface area contributed by atoms with Crippen LogP contribution in [0.4, 0.5) is 4.39 Å². The normalized spacial score (nSPS) is 16.2. The van der Waals surface area contributed by atoms with Crippen LogP contribution in [0.5, 0.6) is 0 Å². The fourth-order valence-electron chi connectivity index (χ4n) is 2.29. The highest BCUT2D eigenvalue weighted by atomic mass is 79.9. The van der Waals surface area contributed by atoms with E-state index in [0.29, 0.717) is 16.1 Å². The van der Waals surface area contributed by atoms with Gasteiger partial charge in [0.15, 0.2) is 0 Å². The van der Waals surface area contributed by atoms with Crippen molar-refractivity contribution in [1.29, 1.82) is 0 Å². The van der Waals surface area contributed by atoms with Crippen LogP contribution in [-0.2, 0) is 0 Å². The first-order valence-electron chi connectivity index (χ1n) is 5.82. The van der Waals surface area contributed by atoms with Crippen molar-refractivity contribution in [3.63, 3.8) is 0 Å². The molecule has 0 aromatic heterocycles. The Bertz CT molecular complexity index is 429. The molecule has 0 saturated heterocycles. The molecule has 0 N–H and O–H groups in total. The molecule has 0 atom stereocenters. The highest BCUT2D eigenvalue weighted by Crippen LogP contribution is 2.24. The van der Waals surface area contributed by atoms with E-state index in [1.54, 1.807) is 24.1 Å². The molecule has 1 amide bonds. The van der Waals surface area contributed by atoms with Gasteiger partial charge in [0.2, 0.25) is 0 Å². The first kappa shape index (κ1) is 12.6. The monoisotopic (exact) mass is 299 g/mol. The van der Waals surface area contributed by atoms with Crippen molar-refractivity contribution in [2.75, 3.05) is 7.05 Å². The molecule has 17 heavy (non-hydrogen) atoms. The van der Waals surface area contributed by atoms with Gasteiger partial charge in [-0.2, -0.15) is 0 Å². The topological polar surface area (TPSA) is 20.3 Å². The lowest BCUT2D eigenvalue weighted by molar-refractivity contribution is 0.0734. The summed E-state index contributed by atoms with van der Waals surface area (Å²) in [6.45, 7) is 0. The summed E-state index contributed by atoms with van der Waals surface area (Å²) < 4.78 is 13.7. The second kappa shape index (κ2) is 5.17. The van der Waals surface area contributed by atoms with Gasteiger partial charge in [-0.25, -0.2) is 4.39 Å². The molecule has 92 valence electrons. The molecule has 2 nitrogen and oxygen atoms in total. The summed E-state index contributed by atoms with van der Waals surface area (Å²) in [6, 6.07) is 4.83. The highest BCUT2D eigenvalue weighted by molar-refractivity contribution is 9.10. The van der Waals surface area contributed by atoms with Crippen molar-refractivity contribution in [2.24, 2.45) is 0 Å². The zero-order chi connectivity index (χ0) is 12.4. The minimum absolute atomic E-state index is 0.0942. The smallest absolute Gasteiger partial charge is 0.253 e. The van der Waals surface area contributed by atoms with E-state index in [-0.39, 0.29) is 5.91 Å². The lowest BCUT2D eigenvalue weighted by Crippen LogP contribution is -2.35. The van der Waals surface area contributed by atoms with Crippen LogP contribution in [0, 0.1) is 5.82 Å². The van der Waals surface area contributed by atoms with Crippen LogP contribution in [0.25, 0.3) is 0 Å². The van der Waals surface area contributed by atoms with E-state index in [2.05, 4.69) is 15.9 Å². The molecule has 0 unspecified atom stereocenters. The van der Waals surface area contributed by atoms with Gasteiger partial charge in [-0.15, -0.1) is 0 Å². The van der Waals surface area contributed by atoms with Gasteiger partial charge in [0.25, 0.3) is 5.91 Å². The summed E-state index contributed by atoms with van der Waals surface area (Å²) in [5, 5.41) is 0. The van der Waals surface area contributed by atoms with Crippen LogP contribution < -0.4 is 0 Å². The standard InChI is InChI=1S/C13H15BrFNO/c1-16(10-4-2-3-5-10)13(17)9-6-7-11(14)12(15)8-9/h6-8,10H,2-5H2,1H3. The van der Waals surface area contributed by atoms with E-state index in [9.17, 15) is 9.18 Å². The average molecular weight is 300 g/mol. The summed E-state index contributed by atoms with van der Waals surface area (Å²) >= 11 is 3.08. The van der Waals surface area contributed by atoms with Gasteiger partial charge in [0.05, 0.1) is 4.47 Å². The molecule has 1 fully saturated rings. The number of rotatable bonds is 2. The molecule has 1 aliphatic carbocycles. The van der Waals surface area contributed by atoms with Crippen LogP contribution in [0.2, 0.25) is 0 Å². The Morgan fingerprint density at radius 1 is 1.41 bits per heavy atom. The molecule has 2 rings (SSSR count). The van der Waals surface area contributed by atoms with Gasteiger partial charge in [-0.1, -0.05) is 12.8 Å². The van der Waals surface area contributed by atoms with E-state index < -0.39 is 5.82 Å². The molecule has 4 heteroatoms. The Morgan fingerprint density at radius 2 is 2.06 bits per heavy atom. The molecule has 1 aromatic carbocycles. The molecule has 0 bridgehead atoms. The predicted octanol–water partition coefficient (Wildman–Crippen LogP) is 3.60. The molecule has 0 heterocycles. The lowest BCUT2D eigenvalue weighted by atomic mass is 10.1. The second-order valence-electron chi connectivity index (χ2n) is 4.48. The van der Waals surface area contributed by atoms with Crippen molar-refractivity contribution in [3.8, 4) is 0 Å². The van der Waals surface area contributed by atoms with E-state index in [4.69, 9.17) is 0 Å². The number of carbonyl (C=O) groups excluding carboxylic acids is 1. The first-order valence-corrected chi connectivity index (χ1v) is 6.61. The Balaban J connectivity index is 2.15. The number of hydrogen-bond acceptors (Lipinski definition) is 1. The molecule has 1 aliphatic rings. The van der Waals surface area contributed by atoms with Crippen LogP contribution in [0.3, 0.4) is 0 Å². The number of amides is 1. The van der Waals surface area contributed by atoms with Crippen molar-refractivity contribution in [3.05, 3.63) is 34.1 Å². The number of carbonyl (C=O) groups is 1. The van der Waals surface area contributed by atoms with Gasteiger partial charge < -0.3 is 4.90 Å². The zero-order valence-corrected chi connectivity index (χ0v) is 11.3. The molecule has 1 aromatic rings. The Kier molecular flexibility index (Phi) is 3.82. The van der Waals surface area contributed by atoms with Crippen molar-refractivity contribution in [1.82, 2.24) is 4.90 Å². The molecule has 0 radical (unpaired) electrons. The third kappa shape index (κ3) is 2.68. The third-order valence-electron chi connectivity index (χ3n) is 3.36. The molecule has 0 spiro atoms. The molecular formula is C13H15BrFNO. The minimum atomic E-state index is -0.393. The van der Waals surface area contributed by atoms with Gasteiger partial charge >= 0.3 is 0 Å².